The van der Waals surface area contributed by atoms with Crippen molar-refractivity contribution >= 4 is 16.1 Å². The topological polar surface area (TPSA) is 9.23 Å². The highest BCUT2D eigenvalue weighted by molar-refractivity contribution is 6.77. The van der Waals surface area contributed by atoms with Crippen LogP contribution in [-0.2, 0) is 4.74 Å². The van der Waals surface area contributed by atoms with E-state index in [-0.39, 0.29) is 14.9 Å². The Hall–Kier alpha value is 0.394. The summed E-state index contributed by atoms with van der Waals surface area (Å²) in [5.41, 5.74) is 0. The SMILES string of the molecule is C.C.C[Si](C)(C)COC[Si](C)(C)C. The van der Waals surface area contributed by atoms with E-state index >= 15 is 0 Å². The van der Waals surface area contributed by atoms with Gasteiger partial charge in [0.05, 0.1) is 16.1 Å². The van der Waals surface area contributed by atoms with Gasteiger partial charge in [0.2, 0.25) is 0 Å². The van der Waals surface area contributed by atoms with Crippen LogP contribution in [0.2, 0.25) is 39.3 Å². The van der Waals surface area contributed by atoms with Crippen LogP contribution in [0.1, 0.15) is 14.9 Å². The summed E-state index contributed by atoms with van der Waals surface area (Å²) in [5, 5.41) is 0. The van der Waals surface area contributed by atoms with E-state index in [2.05, 4.69) is 39.3 Å². The molecule has 0 N–H and O–H groups in total. The van der Waals surface area contributed by atoms with Gasteiger partial charge in [0.15, 0.2) is 0 Å². The van der Waals surface area contributed by atoms with Crippen molar-refractivity contribution in [2.45, 2.75) is 54.1 Å². The van der Waals surface area contributed by atoms with Gasteiger partial charge in [0, 0.05) is 12.5 Å². The molecule has 0 bridgehead atoms. The number of hydrogen-bond acceptors (Lipinski definition) is 1. The zero-order chi connectivity index (χ0) is 9.12. The monoisotopic (exact) mass is 222 g/mol. The van der Waals surface area contributed by atoms with Gasteiger partial charge in [-0.2, -0.15) is 0 Å². The van der Waals surface area contributed by atoms with Crippen LogP contribution in [0.4, 0.5) is 0 Å². The summed E-state index contributed by atoms with van der Waals surface area (Å²) >= 11 is 0. The van der Waals surface area contributed by atoms with Crippen molar-refractivity contribution in [3.05, 3.63) is 0 Å². The summed E-state index contributed by atoms with van der Waals surface area (Å²) in [6.45, 7) is 14.1. The third-order valence-corrected chi connectivity index (χ3v) is 3.21. The Bertz CT molecular complexity index is 97.1. The largest absolute Gasteiger partial charge is 0.388 e. The molecule has 0 fully saturated rings. The quantitative estimate of drug-likeness (QED) is 0.653. The third kappa shape index (κ3) is 19.0. The lowest BCUT2D eigenvalue weighted by Gasteiger charge is -2.20. The Labute approximate surface area is 87.9 Å². The Morgan fingerprint density at radius 1 is 0.692 bits per heavy atom. The van der Waals surface area contributed by atoms with E-state index in [9.17, 15) is 0 Å². The zero-order valence-corrected chi connectivity index (χ0v) is 10.8. The first kappa shape index (κ1) is 19.0. The first-order valence-electron chi connectivity index (χ1n) is 4.28. The minimum Gasteiger partial charge on any atom is -0.388 e. The molecule has 0 rings (SSSR count). The van der Waals surface area contributed by atoms with Gasteiger partial charge in [-0.25, -0.2) is 0 Å². The Morgan fingerprint density at radius 3 is 1.08 bits per heavy atom. The zero-order valence-electron chi connectivity index (χ0n) is 8.82. The van der Waals surface area contributed by atoms with Crippen LogP contribution in [-0.4, -0.2) is 28.6 Å². The van der Waals surface area contributed by atoms with Crippen molar-refractivity contribution in [1.82, 2.24) is 0 Å². The smallest absolute Gasteiger partial charge is 0.0745 e. The lowest BCUT2D eigenvalue weighted by atomic mass is 11.5. The fourth-order valence-electron chi connectivity index (χ4n) is 0.663. The van der Waals surface area contributed by atoms with Crippen molar-refractivity contribution in [1.29, 1.82) is 0 Å². The van der Waals surface area contributed by atoms with Gasteiger partial charge in [-0.05, 0) is 0 Å². The predicted octanol–water partition coefficient (Wildman–Crippen LogP) is 4.03. The van der Waals surface area contributed by atoms with Gasteiger partial charge >= 0.3 is 0 Å². The molecule has 1 nitrogen and oxygen atoms in total. The molecular formula is C10H30OSi2. The predicted molar refractivity (Wildman–Crippen MR) is 71.0 cm³/mol. The lowest BCUT2D eigenvalue weighted by molar-refractivity contribution is 0.218. The highest BCUT2D eigenvalue weighted by Crippen LogP contribution is 2.05. The second-order valence-electron chi connectivity index (χ2n) is 5.61. The molecule has 0 aromatic heterocycles. The highest BCUT2D eigenvalue weighted by Gasteiger charge is 2.17. The van der Waals surface area contributed by atoms with Crippen molar-refractivity contribution in [2.24, 2.45) is 0 Å². The van der Waals surface area contributed by atoms with Crippen LogP contribution in [0.15, 0.2) is 0 Å². The maximum absolute atomic E-state index is 5.69. The van der Waals surface area contributed by atoms with E-state index in [1.165, 1.54) is 0 Å². The van der Waals surface area contributed by atoms with Crippen molar-refractivity contribution in [3.8, 4) is 0 Å². The van der Waals surface area contributed by atoms with E-state index in [0.29, 0.717) is 0 Å². The second kappa shape index (κ2) is 6.79. The number of rotatable bonds is 4. The molecule has 0 aliphatic carbocycles. The molecule has 0 aromatic rings. The van der Waals surface area contributed by atoms with Crippen LogP contribution in [0, 0.1) is 0 Å². The van der Waals surface area contributed by atoms with Crippen molar-refractivity contribution < 1.29 is 4.74 Å². The van der Waals surface area contributed by atoms with Gasteiger partial charge in [-0.15, -0.1) is 0 Å². The molecule has 0 amide bonds. The molecule has 0 saturated heterocycles. The molecule has 13 heavy (non-hydrogen) atoms. The average molecular weight is 223 g/mol. The van der Waals surface area contributed by atoms with Crippen molar-refractivity contribution in [2.75, 3.05) is 12.5 Å². The average Bonchev–Trinajstić information content (AvgIpc) is 1.55. The maximum Gasteiger partial charge on any atom is 0.0745 e. The maximum atomic E-state index is 5.69. The molecule has 0 radical (unpaired) electrons. The van der Waals surface area contributed by atoms with Crippen molar-refractivity contribution in [3.63, 3.8) is 0 Å². The normalized spacial score (nSPS) is 11.5. The van der Waals surface area contributed by atoms with Crippen LogP contribution >= 0.6 is 0 Å². The van der Waals surface area contributed by atoms with E-state index in [0.717, 1.165) is 12.5 Å². The minimum atomic E-state index is -0.957. The fraction of sp³-hybridized carbons (Fsp3) is 1.00. The Morgan fingerprint density at radius 2 is 0.923 bits per heavy atom. The molecule has 0 aliphatic rings. The molecular weight excluding hydrogens is 192 g/mol. The highest BCUT2D eigenvalue weighted by atomic mass is 28.3. The summed E-state index contributed by atoms with van der Waals surface area (Å²) < 4.78 is 5.69. The summed E-state index contributed by atoms with van der Waals surface area (Å²) in [6.07, 6.45) is 2.05. The summed E-state index contributed by atoms with van der Waals surface area (Å²) in [5.74, 6) is 0. The summed E-state index contributed by atoms with van der Waals surface area (Å²) in [4.78, 5) is 0. The van der Waals surface area contributed by atoms with Gasteiger partial charge in [-0.3, -0.25) is 0 Å². The fourth-order valence-corrected chi connectivity index (χ4v) is 2.30. The van der Waals surface area contributed by atoms with Gasteiger partial charge in [0.1, 0.15) is 0 Å². The second-order valence-corrected chi connectivity index (χ2v) is 16.4. The van der Waals surface area contributed by atoms with Crippen LogP contribution in [0.3, 0.4) is 0 Å². The van der Waals surface area contributed by atoms with E-state index < -0.39 is 16.1 Å². The molecule has 0 aliphatic heterocycles. The van der Waals surface area contributed by atoms with Crippen LogP contribution < -0.4 is 0 Å². The Balaban J connectivity index is -0.000000500. The number of ether oxygens (including phenoxy) is 1. The minimum absolute atomic E-state index is 0. The van der Waals surface area contributed by atoms with Gasteiger partial charge in [0.25, 0.3) is 0 Å². The molecule has 84 valence electrons. The Kier molecular flexibility index (Phi) is 9.95. The van der Waals surface area contributed by atoms with Crippen LogP contribution in [0.5, 0.6) is 0 Å². The molecule has 0 spiro atoms. The summed E-state index contributed by atoms with van der Waals surface area (Å²) in [6, 6.07) is 0. The van der Waals surface area contributed by atoms with Gasteiger partial charge in [-0.1, -0.05) is 54.1 Å². The van der Waals surface area contributed by atoms with E-state index in [1.807, 2.05) is 0 Å². The standard InChI is InChI=1S/C8H22OSi2.2CH4/c1-10(2,3)7-9-8-11(4,5)6;;/h7-8H2,1-6H3;2*1H4. The number of hydrogen-bond donors (Lipinski definition) is 0. The third-order valence-electron chi connectivity index (χ3n) is 1.07. The van der Waals surface area contributed by atoms with E-state index in [1.54, 1.807) is 0 Å². The van der Waals surface area contributed by atoms with Gasteiger partial charge < -0.3 is 4.74 Å². The molecule has 0 atom stereocenters. The molecule has 3 heteroatoms. The molecule has 0 heterocycles. The molecule has 0 unspecified atom stereocenters. The molecule has 0 aromatic carbocycles. The first-order valence-corrected chi connectivity index (χ1v) is 11.7. The lowest BCUT2D eigenvalue weighted by Crippen LogP contribution is -2.34. The first-order chi connectivity index (χ1) is 4.71. The summed E-state index contributed by atoms with van der Waals surface area (Å²) in [7, 11) is -1.91. The van der Waals surface area contributed by atoms with Crippen LogP contribution in [0.25, 0.3) is 0 Å². The van der Waals surface area contributed by atoms with E-state index in [4.69, 9.17) is 4.74 Å². The molecule has 0 saturated carbocycles.